The smallest absolute Gasteiger partial charge is 0.335 e. The van der Waals surface area contributed by atoms with Crippen LogP contribution in [0.15, 0.2) is 29.2 Å². The van der Waals surface area contributed by atoms with E-state index in [1.165, 1.54) is 17.0 Å². The fraction of sp³-hybridized carbons (Fsp3) is 0.200. The maximum absolute atomic E-state index is 10.3. The molecular weight excluding hydrogens is 214 g/mol. The fourth-order valence-corrected chi connectivity index (χ4v) is 0.753. The molecule has 0 bridgehead atoms. The number of hydrogen-bond acceptors (Lipinski definition) is 3. The normalized spacial score (nSPS) is 8.47. The molecule has 0 spiro atoms. The van der Waals surface area contributed by atoms with Crippen molar-refractivity contribution >= 4 is 25.0 Å². The second kappa shape index (κ2) is 6.89. The standard InChI is InChI=1S/C7H6O2S.C3H7NO/c8-7(9)5-1-3-6(10)4-2-5;1-4(2)3-5/h1-4,10H,(H,8,9);3H,1-2H3. The van der Waals surface area contributed by atoms with Crippen molar-refractivity contribution in [1.29, 1.82) is 0 Å². The number of amides is 1. The highest BCUT2D eigenvalue weighted by atomic mass is 32.1. The Morgan fingerprint density at radius 2 is 1.73 bits per heavy atom. The van der Waals surface area contributed by atoms with E-state index in [9.17, 15) is 9.59 Å². The Kier molecular flexibility index (Phi) is 6.21. The summed E-state index contributed by atoms with van der Waals surface area (Å²) >= 11 is 4.01. The van der Waals surface area contributed by atoms with Crippen molar-refractivity contribution in [2.24, 2.45) is 0 Å². The lowest BCUT2D eigenvalue weighted by atomic mass is 10.2. The zero-order chi connectivity index (χ0) is 11.8. The van der Waals surface area contributed by atoms with E-state index in [-0.39, 0.29) is 5.56 Å². The van der Waals surface area contributed by atoms with Gasteiger partial charge in [-0.3, -0.25) is 4.79 Å². The van der Waals surface area contributed by atoms with E-state index in [1.807, 2.05) is 0 Å². The van der Waals surface area contributed by atoms with Crippen LogP contribution in [0.25, 0.3) is 0 Å². The molecular formula is C10H13NO3S. The fourth-order valence-electron chi connectivity index (χ4n) is 0.604. The Morgan fingerprint density at radius 1 is 1.33 bits per heavy atom. The summed E-state index contributed by atoms with van der Waals surface area (Å²) in [6.07, 6.45) is 0.750. The molecule has 15 heavy (non-hydrogen) atoms. The van der Waals surface area contributed by atoms with Crippen LogP contribution < -0.4 is 0 Å². The molecule has 5 heteroatoms. The summed E-state index contributed by atoms with van der Waals surface area (Å²) in [4.78, 5) is 21.9. The number of benzene rings is 1. The maximum Gasteiger partial charge on any atom is 0.335 e. The van der Waals surface area contributed by atoms with E-state index in [2.05, 4.69) is 12.6 Å². The molecule has 1 N–H and O–H groups in total. The van der Waals surface area contributed by atoms with E-state index >= 15 is 0 Å². The number of carbonyl (C=O) groups excluding carboxylic acids is 1. The number of rotatable bonds is 2. The van der Waals surface area contributed by atoms with E-state index < -0.39 is 5.97 Å². The number of nitrogens with zero attached hydrogens (tertiary/aromatic N) is 1. The largest absolute Gasteiger partial charge is 0.478 e. The van der Waals surface area contributed by atoms with Crippen molar-refractivity contribution in [2.75, 3.05) is 14.1 Å². The van der Waals surface area contributed by atoms with Gasteiger partial charge in [-0.05, 0) is 24.3 Å². The van der Waals surface area contributed by atoms with Gasteiger partial charge in [-0.25, -0.2) is 4.79 Å². The summed E-state index contributed by atoms with van der Waals surface area (Å²) in [5, 5.41) is 8.45. The van der Waals surface area contributed by atoms with Gasteiger partial charge in [0.2, 0.25) is 6.41 Å². The van der Waals surface area contributed by atoms with Crippen LogP contribution in [0.5, 0.6) is 0 Å². The minimum Gasteiger partial charge on any atom is -0.478 e. The Balaban J connectivity index is 0.000000336. The molecule has 1 aromatic rings. The first-order chi connectivity index (χ1) is 6.97. The van der Waals surface area contributed by atoms with E-state index in [1.54, 1.807) is 26.2 Å². The van der Waals surface area contributed by atoms with E-state index in [0.717, 1.165) is 11.3 Å². The third kappa shape index (κ3) is 6.56. The number of carboxylic acid groups (broad SMARTS) is 1. The van der Waals surface area contributed by atoms with Gasteiger partial charge < -0.3 is 10.0 Å². The molecule has 82 valence electrons. The second-order valence-electron chi connectivity index (χ2n) is 2.92. The first-order valence-electron chi connectivity index (χ1n) is 4.11. The lowest BCUT2D eigenvalue weighted by molar-refractivity contribution is -0.115. The molecule has 0 fully saturated rings. The van der Waals surface area contributed by atoms with Crippen LogP contribution in [-0.4, -0.2) is 36.5 Å². The molecule has 0 aliphatic carbocycles. The predicted octanol–water partition coefficient (Wildman–Crippen LogP) is 1.38. The molecule has 0 aliphatic heterocycles. The third-order valence-corrected chi connectivity index (χ3v) is 1.62. The van der Waals surface area contributed by atoms with Gasteiger partial charge in [0.15, 0.2) is 0 Å². The first-order valence-corrected chi connectivity index (χ1v) is 4.56. The number of thiol groups is 1. The lowest BCUT2D eigenvalue weighted by Gasteiger charge is -1.93. The summed E-state index contributed by atoms with van der Waals surface area (Å²) in [7, 11) is 3.38. The second-order valence-corrected chi connectivity index (χ2v) is 3.44. The SMILES string of the molecule is CN(C)C=O.O=C(O)c1ccc(S)cc1. The number of aromatic carboxylic acids is 1. The van der Waals surface area contributed by atoms with Gasteiger partial charge in [0, 0.05) is 19.0 Å². The van der Waals surface area contributed by atoms with Crippen molar-refractivity contribution < 1.29 is 14.7 Å². The van der Waals surface area contributed by atoms with Crippen LogP contribution in [0.1, 0.15) is 10.4 Å². The maximum atomic E-state index is 10.3. The monoisotopic (exact) mass is 227 g/mol. The van der Waals surface area contributed by atoms with Crippen LogP contribution in [-0.2, 0) is 4.79 Å². The van der Waals surface area contributed by atoms with Gasteiger partial charge in [-0.1, -0.05) is 0 Å². The van der Waals surface area contributed by atoms with Gasteiger partial charge in [-0.15, -0.1) is 12.6 Å². The Hall–Kier alpha value is -1.49. The van der Waals surface area contributed by atoms with Crippen molar-refractivity contribution in [1.82, 2.24) is 4.90 Å². The summed E-state index contributed by atoms with van der Waals surface area (Å²) in [5.41, 5.74) is 0.290. The number of carbonyl (C=O) groups is 2. The quantitative estimate of drug-likeness (QED) is 0.592. The van der Waals surface area contributed by atoms with Gasteiger partial charge in [0.25, 0.3) is 0 Å². The highest BCUT2D eigenvalue weighted by Crippen LogP contribution is 2.06. The van der Waals surface area contributed by atoms with Gasteiger partial charge in [0.05, 0.1) is 5.56 Å². The molecule has 0 unspecified atom stereocenters. The van der Waals surface area contributed by atoms with Crippen molar-refractivity contribution in [3.05, 3.63) is 29.8 Å². The van der Waals surface area contributed by atoms with Gasteiger partial charge >= 0.3 is 5.97 Å². The van der Waals surface area contributed by atoms with Crippen molar-refractivity contribution in [3.63, 3.8) is 0 Å². The minimum absolute atomic E-state index is 0.290. The molecule has 0 atom stereocenters. The highest BCUT2D eigenvalue weighted by Gasteiger charge is 1.98. The average molecular weight is 227 g/mol. The first kappa shape index (κ1) is 13.5. The Morgan fingerprint density at radius 3 is 2.00 bits per heavy atom. The van der Waals surface area contributed by atoms with Crippen LogP contribution >= 0.6 is 12.6 Å². The molecule has 0 heterocycles. The minimum atomic E-state index is -0.909. The molecule has 1 aromatic carbocycles. The summed E-state index contributed by atoms with van der Waals surface area (Å²) in [6.45, 7) is 0. The molecule has 0 aliphatic rings. The molecule has 0 saturated heterocycles. The predicted molar refractivity (Wildman–Crippen MR) is 60.4 cm³/mol. The van der Waals surface area contributed by atoms with Gasteiger partial charge in [-0.2, -0.15) is 0 Å². The number of hydrogen-bond donors (Lipinski definition) is 2. The molecule has 1 amide bonds. The highest BCUT2D eigenvalue weighted by molar-refractivity contribution is 7.80. The zero-order valence-electron chi connectivity index (χ0n) is 8.54. The molecule has 0 aromatic heterocycles. The molecule has 1 rings (SSSR count). The van der Waals surface area contributed by atoms with Crippen LogP contribution in [0.3, 0.4) is 0 Å². The Bertz CT molecular complexity index is 322. The van der Waals surface area contributed by atoms with Crippen LogP contribution in [0.4, 0.5) is 0 Å². The molecule has 0 radical (unpaired) electrons. The summed E-state index contributed by atoms with van der Waals surface area (Å²) in [5.74, 6) is -0.909. The lowest BCUT2D eigenvalue weighted by Crippen LogP contribution is -2.06. The molecule has 0 saturated carbocycles. The number of carboxylic acids is 1. The van der Waals surface area contributed by atoms with Crippen LogP contribution in [0.2, 0.25) is 0 Å². The third-order valence-electron chi connectivity index (χ3n) is 1.33. The van der Waals surface area contributed by atoms with Gasteiger partial charge in [0.1, 0.15) is 0 Å². The van der Waals surface area contributed by atoms with E-state index in [0.29, 0.717) is 0 Å². The zero-order valence-corrected chi connectivity index (χ0v) is 9.44. The topological polar surface area (TPSA) is 57.6 Å². The van der Waals surface area contributed by atoms with E-state index in [4.69, 9.17) is 5.11 Å². The summed E-state index contributed by atoms with van der Waals surface area (Å²) in [6, 6.07) is 6.33. The molecule has 4 nitrogen and oxygen atoms in total. The Labute approximate surface area is 93.9 Å². The average Bonchev–Trinajstić information content (AvgIpc) is 2.19. The van der Waals surface area contributed by atoms with Crippen molar-refractivity contribution in [3.8, 4) is 0 Å². The van der Waals surface area contributed by atoms with Crippen LogP contribution in [0, 0.1) is 0 Å². The summed E-state index contributed by atoms with van der Waals surface area (Å²) < 4.78 is 0. The van der Waals surface area contributed by atoms with Crippen molar-refractivity contribution in [2.45, 2.75) is 4.90 Å².